The van der Waals surface area contributed by atoms with Crippen molar-refractivity contribution in [3.63, 3.8) is 0 Å². The minimum atomic E-state index is 0.293. The van der Waals surface area contributed by atoms with E-state index in [0.29, 0.717) is 5.75 Å². The minimum absolute atomic E-state index is 0.293. The molecule has 0 atom stereocenters. The first-order chi connectivity index (χ1) is 10.6. The summed E-state index contributed by atoms with van der Waals surface area (Å²) in [6.07, 6.45) is 0. The van der Waals surface area contributed by atoms with Crippen molar-refractivity contribution >= 4 is 5.69 Å². The molecule has 0 saturated heterocycles. The fourth-order valence-electron chi connectivity index (χ4n) is 2.95. The maximum absolute atomic E-state index is 10.9. The molecule has 0 fully saturated rings. The van der Waals surface area contributed by atoms with Crippen LogP contribution < -0.4 is 5.73 Å². The van der Waals surface area contributed by atoms with Crippen LogP contribution in [0.25, 0.3) is 22.3 Å². The van der Waals surface area contributed by atoms with E-state index in [1.807, 2.05) is 74.5 Å². The Bertz CT molecular complexity index is 742. The van der Waals surface area contributed by atoms with Crippen molar-refractivity contribution in [2.24, 2.45) is 0 Å². The number of anilines is 1. The Balaban J connectivity index is 2.36. The van der Waals surface area contributed by atoms with Gasteiger partial charge in [0.2, 0.25) is 0 Å². The molecule has 0 spiro atoms. The number of phenolic OH excluding ortho intramolecular Hbond substituents is 1. The monoisotopic (exact) mass is 289 g/mol. The SMILES string of the molecule is Cc1c(N)c(C)c(-c2ccccc2)c(O)c1-c1ccccc1. The number of aromatic hydroxyl groups is 1. The molecule has 0 aliphatic carbocycles. The number of nitrogen functional groups attached to an aromatic ring is 1. The highest BCUT2D eigenvalue weighted by Gasteiger charge is 2.19. The van der Waals surface area contributed by atoms with Crippen LogP contribution in [0.15, 0.2) is 60.7 Å². The molecule has 3 aromatic carbocycles. The zero-order valence-electron chi connectivity index (χ0n) is 12.8. The normalized spacial score (nSPS) is 10.6. The number of benzene rings is 3. The van der Waals surface area contributed by atoms with Gasteiger partial charge in [-0.1, -0.05) is 60.7 Å². The molecule has 0 heterocycles. The van der Waals surface area contributed by atoms with E-state index in [0.717, 1.165) is 39.1 Å². The molecule has 0 aliphatic rings. The Kier molecular flexibility index (Phi) is 3.60. The molecule has 110 valence electrons. The fourth-order valence-corrected chi connectivity index (χ4v) is 2.95. The van der Waals surface area contributed by atoms with Crippen LogP contribution in [0.2, 0.25) is 0 Å². The topological polar surface area (TPSA) is 46.2 Å². The molecular formula is C20H19NO. The smallest absolute Gasteiger partial charge is 0.131 e. The maximum atomic E-state index is 10.9. The first-order valence-electron chi connectivity index (χ1n) is 7.33. The molecule has 3 rings (SSSR count). The second kappa shape index (κ2) is 5.57. The lowest BCUT2D eigenvalue weighted by molar-refractivity contribution is 0.478. The largest absolute Gasteiger partial charge is 0.507 e. The predicted octanol–water partition coefficient (Wildman–Crippen LogP) is 4.93. The molecule has 3 N–H and O–H groups in total. The highest BCUT2D eigenvalue weighted by atomic mass is 16.3. The summed E-state index contributed by atoms with van der Waals surface area (Å²) in [6.45, 7) is 3.92. The van der Waals surface area contributed by atoms with E-state index in [2.05, 4.69) is 0 Å². The molecule has 0 bridgehead atoms. The number of hydrogen-bond donors (Lipinski definition) is 2. The van der Waals surface area contributed by atoms with Crippen molar-refractivity contribution in [3.05, 3.63) is 71.8 Å². The second-order valence-corrected chi connectivity index (χ2v) is 5.49. The van der Waals surface area contributed by atoms with Crippen molar-refractivity contribution in [2.45, 2.75) is 13.8 Å². The van der Waals surface area contributed by atoms with Crippen molar-refractivity contribution in [1.82, 2.24) is 0 Å². The minimum Gasteiger partial charge on any atom is -0.507 e. The van der Waals surface area contributed by atoms with Gasteiger partial charge in [0.05, 0.1) is 0 Å². The molecule has 0 aromatic heterocycles. The van der Waals surface area contributed by atoms with Crippen LogP contribution in [0, 0.1) is 13.8 Å². The molecule has 0 aliphatic heterocycles. The number of rotatable bonds is 2. The Labute approximate surface area is 130 Å². The van der Waals surface area contributed by atoms with Gasteiger partial charge in [-0.15, -0.1) is 0 Å². The molecule has 2 heteroatoms. The first kappa shape index (κ1) is 14.2. The van der Waals surface area contributed by atoms with Crippen molar-refractivity contribution in [1.29, 1.82) is 0 Å². The van der Waals surface area contributed by atoms with Crippen molar-refractivity contribution < 1.29 is 5.11 Å². The zero-order chi connectivity index (χ0) is 15.7. The van der Waals surface area contributed by atoms with E-state index in [4.69, 9.17) is 5.73 Å². The van der Waals surface area contributed by atoms with Crippen molar-refractivity contribution in [2.75, 3.05) is 5.73 Å². The Morgan fingerprint density at radius 2 is 1.05 bits per heavy atom. The summed E-state index contributed by atoms with van der Waals surface area (Å²) in [5.41, 5.74) is 12.4. The van der Waals surface area contributed by atoms with Gasteiger partial charge in [-0.2, -0.15) is 0 Å². The van der Waals surface area contributed by atoms with Gasteiger partial charge in [0.1, 0.15) is 5.75 Å². The third-order valence-electron chi connectivity index (χ3n) is 4.16. The standard InChI is InChI=1S/C20H19NO/c1-13-17(15-9-5-3-6-10-15)20(22)18(14(2)19(13)21)16-11-7-4-8-12-16/h3-12,22H,21H2,1-2H3. The summed E-state index contributed by atoms with van der Waals surface area (Å²) < 4.78 is 0. The molecular weight excluding hydrogens is 270 g/mol. The summed E-state index contributed by atoms with van der Waals surface area (Å²) in [4.78, 5) is 0. The Hall–Kier alpha value is -2.74. The maximum Gasteiger partial charge on any atom is 0.131 e. The highest BCUT2D eigenvalue weighted by molar-refractivity contribution is 5.91. The van der Waals surface area contributed by atoms with Crippen LogP contribution in [-0.4, -0.2) is 5.11 Å². The van der Waals surface area contributed by atoms with Gasteiger partial charge < -0.3 is 10.8 Å². The molecule has 3 aromatic rings. The van der Waals surface area contributed by atoms with E-state index >= 15 is 0 Å². The van der Waals surface area contributed by atoms with Crippen LogP contribution in [0.1, 0.15) is 11.1 Å². The van der Waals surface area contributed by atoms with E-state index in [-0.39, 0.29) is 0 Å². The van der Waals surface area contributed by atoms with E-state index in [1.54, 1.807) is 0 Å². The first-order valence-corrected chi connectivity index (χ1v) is 7.33. The molecule has 0 amide bonds. The van der Waals surface area contributed by atoms with E-state index in [1.165, 1.54) is 0 Å². The average molecular weight is 289 g/mol. The molecule has 0 radical (unpaired) electrons. The number of hydrogen-bond acceptors (Lipinski definition) is 2. The quantitative estimate of drug-likeness (QED) is 0.519. The number of phenols is 1. The van der Waals surface area contributed by atoms with Gasteiger partial charge in [0.15, 0.2) is 0 Å². The Morgan fingerprint density at radius 3 is 1.41 bits per heavy atom. The molecule has 0 unspecified atom stereocenters. The summed E-state index contributed by atoms with van der Waals surface area (Å²) in [5.74, 6) is 0.293. The number of nitrogens with two attached hydrogens (primary N) is 1. The van der Waals surface area contributed by atoms with Crippen LogP contribution in [0.4, 0.5) is 5.69 Å². The van der Waals surface area contributed by atoms with Gasteiger partial charge in [-0.25, -0.2) is 0 Å². The third-order valence-corrected chi connectivity index (χ3v) is 4.16. The van der Waals surface area contributed by atoms with Gasteiger partial charge in [-0.05, 0) is 36.1 Å². The van der Waals surface area contributed by atoms with Crippen LogP contribution in [0.5, 0.6) is 5.75 Å². The molecule has 2 nitrogen and oxygen atoms in total. The Morgan fingerprint density at radius 1 is 0.682 bits per heavy atom. The van der Waals surface area contributed by atoms with E-state index < -0.39 is 0 Å². The van der Waals surface area contributed by atoms with Gasteiger partial charge in [-0.3, -0.25) is 0 Å². The lowest BCUT2D eigenvalue weighted by Crippen LogP contribution is -2.00. The third kappa shape index (κ3) is 2.23. The van der Waals surface area contributed by atoms with Gasteiger partial charge >= 0.3 is 0 Å². The van der Waals surface area contributed by atoms with E-state index in [9.17, 15) is 5.11 Å². The summed E-state index contributed by atoms with van der Waals surface area (Å²) in [6, 6.07) is 19.8. The lowest BCUT2D eigenvalue weighted by Gasteiger charge is -2.19. The summed E-state index contributed by atoms with van der Waals surface area (Å²) in [5, 5.41) is 10.9. The molecule has 0 saturated carbocycles. The fraction of sp³-hybridized carbons (Fsp3) is 0.100. The van der Waals surface area contributed by atoms with Crippen LogP contribution in [-0.2, 0) is 0 Å². The van der Waals surface area contributed by atoms with Gasteiger partial charge in [0, 0.05) is 16.8 Å². The second-order valence-electron chi connectivity index (χ2n) is 5.49. The van der Waals surface area contributed by atoms with Crippen LogP contribution in [0.3, 0.4) is 0 Å². The lowest BCUT2D eigenvalue weighted by atomic mass is 9.88. The zero-order valence-corrected chi connectivity index (χ0v) is 12.8. The van der Waals surface area contributed by atoms with Crippen molar-refractivity contribution in [3.8, 4) is 28.0 Å². The predicted molar refractivity (Wildman–Crippen MR) is 92.9 cm³/mol. The van der Waals surface area contributed by atoms with Gasteiger partial charge in [0.25, 0.3) is 0 Å². The average Bonchev–Trinajstić information content (AvgIpc) is 2.55. The highest BCUT2D eigenvalue weighted by Crippen LogP contribution is 2.45. The summed E-state index contributed by atoms with van der Waals surface area (Å²) in [7, 11) is 0. The summed E-state index contributed by atoms with van der Waals surface area (Å²) >= 11 is 0. The van der Waals surface area contributed by atoms with Crippen LogP contribution >= 0.6 is 0 Å². The molecule has 22 heavy (non-hydrogen) atoms.